The van der Waals surface area contributed by atoms with Gasteiger partial charge in [0.05, 0.1) is 5.52 Å². The second-order valence-corrected chi connectivity index (χ2v) is 4.10. The molecule has 0 saturated carbocycles. The lowest BCUT2D eigenvalue weighted by Gasteiger charge is -2.06. The predicted octanol–water partition coefficient (Wildman–Crippen LogP) is 1.49. The number of carbonyl (C=O) groups is 1. The molecular weight excluding hydrogens is 274 g/mol. The van der Waals surface area contributed by atoms with Crippen molar-refractivity contribution >= 4 is 23.0 Å². The fourth-order valence-corrected chi connectivity index (χ4v) is 1.72. The van der Waals surface area contributed by atoms with Gasteiger partial charge in [-0.25, -0.2) is 14.8 Å². The van der Waals surface area contributed by atoms with Crippen LogP contribution >= 0.6 is 0 Å². The summed E-state index contributed by atoms with van der Waals surface area (Å²) in [6.07, 6.45) is 1.36. The van der Waals surface area contributed by atoms with Crippen LogP contribution in [0.15, 0.2) is 36.5 Å². The van der Waals surface area contributed by atoms with Crippen LogP contribution in [0, 0.1) is 0 Å². The third-order valence-electron chi connectivity index (χ3n) is 2.63. The lowest BCUT2D eigenvalue weighted by Crippen LogP contribution is -2.00. The van der Waals surface area contributed by atoms with Gasteiger partial charge in [0.2, 0.25) is 5.95 Å². The summed E-state index contributed by atoms with van der Waals surface area (Å²) in [6, 6.07) is 7.89. The van der Waals surface area contributed by atoms with Crippen molar-refractivity contribution in [1.82, 2.24) is 20.2 Å². The normalized spacial score (nSPS) is 10.5. The van der Waals surface area contributed by atoms with E-state index >= 15 is 0 Å². The zero-order valence-corrected chi connectivity index (χ0v) is 10.6. The Hall–Kier alpha value is -3.29. The molecule has 0 fully saturated rings. The summed E-state index contributed by atoms with van der Waals surface area (Å²) in [7, 11) is 0. The molecule has 0 amide bonds. The fourth-order valence-electron chi connectivity index (χ4n) is 1.72. The molecule has 3 aromatic rings. The Kier molecular flexibility index (Phi) is 3.03. The minimum absolute atomic E-state index is 0.0939. The molecule has 2 aromatic heterocycles. The first-order chi connectivity index (χ1) is 10.1. The maximum absolute atomic E-state index is 10.9. The molecule has 1 aromatic carbocycles. The topological polar surface area (TPSA) is 124 Å². The number of aromatic carboxylic acids is 1. The molecule has 2 heterocycles. The average Bonchev–Trinajstić information content (AvgIpc) is 2.48. The summed E-state index contributed by atoms with van der Waals surface area (Å²) < 4.78 is 5.58. The summed E-state index contributed by atoms with van der Waals surface area (Å²) in [5.74, 6) is -0.190. The largest absolute Gasteiger partial charge is 0.477 e. The number of ether oxygens (including phenoxy) is 1. The number of aromatic nitrogens is 4. The molecule has 104 valence electrons. The molecule has 8 heteroatoms. The first-order valence-corrected chi connectivity index (χ1v) is 5.89. The van der Waals surface area contributed by atoms with E-state index in [4.69, 9.17) is 15.6 Å². The molecule has 0 bridgehead atoms. The Morgan fingerprint density at radius 1 is 1.10 bits per heavy atom. The lowest BCUT2D eigenvalue weighted by atomic mass is 10.3. The summed E-state index contributed by atoms with van der Waals surface area (Å²) in [6.45, 7) is 0. The number of hydrogen-bond acceptors (Lipinski definition) is 7. The molecule has 0 aliphatic rings. The van der Waals surface area contributed by atoms with Gasteiger partial charge in [0.25, 0.3) is 0 Å². The smallest absolute Gasteiger partial charge is 0.354 e. The van der Waals surface area contributed by atoms with Crippen molar-refractivity contribution in [1.29, 1.82) is 0 Å². The molecule has 0 spiro atoms. The van der Waals surface area contributed by atoms with Gasteiger partial charge in [-0.1, -0.05) is 0 Å². The Bertz CT molecular complexity index is 837. The van der Waals surface area contributed by atoms with E-state index in [1.165, 1.54) is 12.3 Å². The molecule has 0 radical (unpaired) electrons. The van der Waals surface area contributed by atoms with Crippen molar-refractivity contribution < 1.29 is 14.6 Å². The number of anilines is 1. The van der Waals surface area contributed by atoms with Gasteiger partial charge in [0, 0.05) is 18.3 Å². The van der Waals surface area contributed by atoms with Crippen molar-refractivity contribution in [2.75, 3.05) is 5.73 Å². The van der Waals surface area contributed by atoms with Gasteiger partial charge in [-0.15, -0.1) is 10.2 Å². The van der Waals surface area contributed by atoms with Crippen molar-refractivity contribution in [3.05, 3.63) is 42.2 Å². The highest BCUT2D eigenvalue weighted by molar-refractivity contribution is 5.85. The zero-order chi connectivity index (χ0) is 14.8. The van der Waals surface area contributed by atoms with E-state index in [0.717, 1.165) is 0 Å². The van der Waals surface area contributed by atoms with Gasteiger partial charge in [-0.2, -0.15) is 0 Å². The average molecular weight is 283 g/mol. The molecule has 0 aliphatic heterocycles. The molecule has 8 nitrogen and oxygen atoms in total. The van der Waals surface area contributed by atoms with Gasteiger partial charge in [-0.3, -0.25) is 0 Å². The second kappa shape index (κ2) is 5.00. The monoisotopic (exact) mass is 283 g/mol. The highest BCUT2D eigenvalue weighted by atomic mass is 16.5. The van der Waals surface area contributed by atoms with Crippen LogP contribution in [-0.4, -0.2) is 31.2 Å². The van der Waals surface area contributed by atoms with Crippen LogP contribution in [0.4, 0.5) is 5.95 Å². The maximum Gasteiger partial charge on any atom is 0.354 e. The number of nitrogen functional groups attached to an aromatic ring is 1. The summed E-state index contributed by atoms with van der Waals surface area (Å²) in [5.41, 5.74) is 6.47. The van der Waals surface area contributed by atoms with Crippen LogP contribution < -0.4 is 10.5 Å². The zero-order valence-electron chi connectivity index (χ0n) is 10.6. The summed E-state index contributed by atoms with van der Waals surface area (Å²) in [5, 5.41) is 16.5. The van der Waals surface area contributed by atoms with Crippen LogP contribution in [0.25, 0.3) is 11.0 Å². The van der Waals surface area contributed by atoms with E-state index in [9.17, 15) is 4.79 Å². The Morgan fingerprint density at radius 3 is 2.71 bits per heavy atom. The van der Waals surface area contributed by atoms with E-state index in [0.29, 0.717) is 22.5 Å². The van der Waals surface area contributed by atoms with Crippen molar-refractivity contribution in [2.24, 2.45) is 0 Å². The molecule has 0 aliphatic carbocycles. The van der Waals surface area contributed by atoms with Crippen molar-refractivity contribution in [3.63, 3.8) is 0 Å². The second-order valence-electron chi connectivity index (χ2n) is 4.10. The van der Waals surface area contributed by atoms with Gasteiger partial charge in [-0.05, 0) is 18.2 Å². The molecule has 0 unspecified atom stereocenters. The van der Waals surface area contributed by atoms with Crippen LogP contribution in [0.1, 0.15) is 10.5 Å². The third-order valence-corrected chi connectivity index (χ3v) is 2.63. The standard InChI is InChI=1S/C13H9N5O3/c14-13-16-9-2-1-7(5-10(9)17-18-13)21-8-3-4-15-11(6-8)12(19)20/h1-6H,(H,19,20)(H2,14,16,18). The molecular formula is C13H9N5O3. The van der Waals surface area contributed by atoms with Gasteiger partial charge in [0.1, 0.15) is 17.0 Å². The Labute approximate surface area is 118 Å². The quantitative estimate of drug-likeness (QED) is 0.740. The van der Waals surface area contributed by atoms with Crippen molar-refractivity contribution in [3.8, 4) is 11.5 Å². The first-order valence-electron chi connectivity index (χ1n) is 5.89. The van der Waals surface area contributed by atoms with E-state index in [-0.39, 0.29) is 11.6 Å². The van der Waals surface area contributed by atoms with Gasteiger partial charge < -0.3 is 15.6 Å². The summed E-state index contributed by atoms with van der Waals surface area (Å²) >= 11 is 0. The molecule has 0 saturated heterocycles. The van der Waals surface area contributed by atoms with E-state index < -0.39 is 5.97 Å². The maximum atomic E-state index is 10.9. The first kappa shape index (κ1) is 12.7. The van der Waals surface area contributed by atoms with E-state index in [2.05, 4.69) is 20.2 Å². The van der Waals surface area contributed by atoms with E-state index in [1.807, 2.05) is 0 Å². The lowest BCUT2D eigenvalue weighted by molar-refractivity contribution is 0.0690. The Balaban J connectivity index is 1.92. The van der Waals surface area contributed by atoms with Gasteiger partial charge >= 0.3 is 5.97 Å². The van der Waals surface area contributed by atoms with E-state index in [1.54, 1.807) is 24.3 Å². The third kappa shape index (κ3) is 2.68. The number of fused-ring (bicyclic) bond motifs is 1. The van der Waals surface area contributed by atoms with Crippen LogP contribution in [0.5, 0.6) is 11.5 Å². The van der Waals surface area contributed by atoms with Crippen LogP contribution in [0.3, 0.4) is 0 Å². The molecule has 0 atom stereocenters. The number of carboxylic acids is 1. The van der Waals surface area contributed by atoms with Crippen molar-refractivity contribution in [2.45, 2.75) is 0 Å². The summed E-state index contributed by atoms with van der Waals surface area (Å²) in [4.78, 5) is 18.6. The minimum atomic E-state index is -1.12. The fraction of sp³-hybridized carbons (Fsp3) is 0. The van der Waals surface area contributed by atoms with Crippen LogP contribution in [-0.2, 0) is 0 Å². The number of nitrogens with zero attached hydrogens (tertiary/aromatic N) is 4. The predicted molar refractivity (Wildman–Crippen MR) is 73.0 cm³/mol. The number of benzene rings is 1. The minimum Gasteiger partial charge on any atom is -0.477 e. The molecule has 3 rings (SSSR count). The molecule has 3 N–H and O–H groups in total. The highest BCUT2D eigenvalue weighted by Crippen LogP contribution is 2.24. The molecule has 21 heavy (non-hydrogen) atoms. The number of hydrogen-bond donors (Lipinski definition) is 2. The number of pyridine rings is 1. The number of carboxylic acid groups (broad SMARTS) is 1. The van der Waals surface area contributed by atoms with Crippen LogP contribution in [0.2, 0.25) is 0 Å². The highest BCUT2D eigenvalue weighted by Gasteiger charge is 2.07. The Morgan fingerprint density at radius 2 is 1.90 bits per heavy atom. The number of nitrogens with two attached hydrogens (primary N) is 1. The SMILES string of the molecule is Nc1nnc2cc(Oc3ccnc(C(=O)O)c3)ccc2n1. The van der Waals surface area contributed by atoms with Gasteiger partial charge in [0.15, 0.2) is 5.69 Å². The number of rotatable bonds is 3.